The van der Waals surface area contributed by atoms with Crippen LogP contribution in [-0.2, 0) is 18.8 Å². The molecule has 0 aliphatic rings. The predicted octanol–water partition coefficient (Wildman–Crippen LogP) is 2.51. The topological polar surface area (TPSA) is 112 Å². The molecule has 0 radical (unpaired) electrons. The summed E-state index contributed by atoms with van der Waals surface area (Å²) in [7, 11) is 4.70. The minimum atomic E-state index is -0.731. The lowest BCUT2D eigenvalue weighted by Crippen LogP contribution is -2.30. The van der Waals surface area contributed by atoms with Crippen molar-refractivity contribution >= 4 is 5.97 Å². The Balaban J connectivity index is 2.27. The van der Waals surface area contributed by atoms with Crippen molar-refractivity contribution in [1.82, 2.24) is 19.3 Å². The molecule has 2 unspecified atom stereocenters. The van der Waals surface area contributed by atoms with E-state index in [0.29, 0.717) is 11.4 Å². The van der Waals surface area contributed by atoms with Crippen molar-refractivity contribution in [3.63, 3.8) is 0 Å². The number of nitriles is 1. The van der Waals surface area contributed by atoms with Gasteiger partial charge in [-0.05, 0) is 24.6 Å². The molecule has 0 aliphatic carbocycles. The van der Waals surface area contributed by atoms with Crippen molar-refractivity contribution in [2.24, 2.45) is 14.1 Å². The van der Waals surface area contributed by atoms with Crippen LogP contribution in [-0.4, -0.2) is 39.0 Å². The number of hydrogen-bond acceptors (Lipinski definition) is 7. The Bertz CT molecular complexity index is 1240. The van der Waals surface area contributed by atoms with Crippen LogP contribution in [0, 0.1) is 11.3 Å². The van der Waals surface area contributed by atoms with Crippen LogP contribution in [0.4, 0.5) is 0 Å². The molecule has 0 bridgehead atoms. The molecule has 0 saturated carbocycles. The Labute approximate surface area is 185 Å². The zero-order valence-electron chi connectivity index (χ0n) is 18.7. The molecule has 0 spiro atoms. The molecule has 3 aromatic rings. The molecule has 0 saturated heterocycles. The number of ether oxygens (including phenoxy) is 2. The summed E-state index contributed by atoms with van der Waals surface area (Å²) in [5.41, 5.74) is 1.45. The highest BCUT2D eigenvalue weighted by Crippen LogP contribution is 2.38. The van der Waals surface area contributed by atoms with Crippen LogP contribution in [0.2, 0.25) is 0 Å². The lowest BCUT2D eigenvalue weighted by molar-refractivity contribution is 0.0514. The second-order valence-corrected chi connectivity index (χ2v) is 7.28. The maximum Gasteiger partial charge on any atom is 0.361 e. The van der Waals surface area contributed by atoms with Crippen LogP contribution < -0.4 is 10.3 Å². The monoisotopic (exact) mass is 435 g/mol. The largest absolute Gasteiger partial charge is 0.489 e. The molecule has 0 fully saturated rings. The van der Waals surface area contributed by atoms with Crippen molar-refractivity contribution in [2.45, 2.75) is 25.7 Å². The lowest BCUT2D eigenvalue weighted by atomic mass is 9.81. The first-order valence-corrected chi connectivity index (χ1v) is 10.1. The quantitative estimate of drug-likeness (QED) is 0.524. The van der Waals surface area contributed by atoms with E-state index < -0.39 is 17.4 Å². The first-order valence-electron chi connectivity index (χ1n) is 10.1. The summed E-state index contributed by atoms with van der Waals surface area (Å²) in [6.07, 6.45) is 1.68. The van der Waals surface area contributed by atoms with Gasteiger partial charge in [0.1, 0.15) is 5.82 Å². The molecule has 166 valence electrons. The van der Waals surface area contributed by atoms with E-state index in [9.17, 15) is 14.9 Å². The first kappa shape index (κ1) is 22.7. The summed E-state index contributed by atoms with van der Waals surface area (Å²) in [6.45, 7) is 3.71. The Kier molecular flexibility index (Phi) is 6.73. The molecule has 0 N–H and O–H groups in total. The van der Waals surface area contributed by atoms with E-state index in [0.717, 1.165) is 11.3 Å². The van der Waals surface area contributed by atoms with E-state index >= 15 is 0 Å². The number of esters is 1. The maximum atomic E-state index is 13.0. The van der Waals surface area contributed by atoms with E-state index in [1.807, 2.05) is 32.2 Å². The molecular formula is C23H25N5O4. The van der Waals surface area contributed by atoms with E-state index in [1.165, 1.54) is 11.7 Å². The van der Waals surface area contributed by atoms with Gasteiger partial charge in [-0.25, -0.2) is 9.78 Å². The lowest BCUT2D eigenvalue weighted by Gasteiger charge is -2.27. The summed E-state index contributed by atoms with van der Waals surface area (Å²) in [6, 6.07) is 11.4. The third-order valence-electron chi connectivity index (χ3n) is 5.46. The SMILES string of the molecule is CCOC(=O)c1nc(C(C)C(c2ccccc2C#N)c2ccnn2C)n(C)c(=O)c1OC. The van der Waals surface area contributed by atoms with E-state index in [4.69, 9.17) is 9.47 Å². The van der Waals surface area contributed by atoms with Gasteiger partial charge in [0.25, 0.3) is 5.56 Å². The van der Waals surface area contributed by atoms with Crippen molar-refractivity contribution in [3.8, 4) is 11.8 Å². The van der Waals surface area contributed by atoms with Gasteiger partial charge in [0.05, 0.1) is 25.3 Å². The summed E-state index contributed by atoms with van der Waals surface area (Å²) >= 11 is 0. The van der Waals surface area contributed by atoms with E-state index in [1.54, 1.807) is 37.0 Å². The number of rotatable bonds is 7. The molecule has 9 nitrogen and oxygen atoms in total. The molecule has 1 aromatic carbocycles. The third-order valence-corrected chi connectivity index (χ3v) is 5.46. The number of aryl methyl sites for hydroxylation is 1. The standard InChI is InChI=1S/C23H25N5O4/c1-6-32-23(30)19-20(31-5)22(29)27(3)21(26-19)14(2)18(17-11-12-25-28(17)4)16-10-8-7-9-15(16)13-24/h7-12,14,18H,6H2,1-5H3. The molecule has 0 amide bonds. The van der Waals surface area contributed by atoms with Gasteiger partial charge >= 0.3 is 5.97 Å². The molecule has 3 rings (SSSR count). The number of carbonyl (C=O) groups is 1. The van der Waals surface area contributed by atoms with Crippen molar-refractivity contribution in [3.05, 3.63) is 75.2 Å². The number of aromatic nitrogens is 4. The molecule has 2 aromatic heterocycles. The Morgan fingerprint density at radius 1 is 1.25 bits per heavy atom. The first-order chi connectivity index (χ1) is 15.3. The number of methoxy groups -OCH3 is 1. The number of hydrogen-bond donors (Lipinski definition) is 0. The van der Waals surface area contributed by atoms with Gasteiger partial charge in [-0.15, -0.1) is 0 Å². The number of nitrogens with zero attached hydrogens (tertiary/aromatic N) is 5. The molecule has 0 aliphatic heterocycles. The van der Waals surface area contributed by atoms with Crippen LogP contribution in [0.15, 0.2) is 41.3 Å². The van der Waals surface area contributed by atoms with Crippen molar-refractivity contribution in [1.29, 1.82) is 5.26 Å². The highest BCUT2D eigenvalue weighted by Gasteiger charge is 2.32. The zero-order chi connectivity index (χ0) is 23.4. The number of benzene rings is 1. The van der Waals surface area contributed by atoms with Crippen LogP contribution >= 0.6 is 0 Å². The van der Waals surface area contributed by atoms with Crippen molar-refractivity contribution in [2.75, 3.05) is 13.7 Å². The zero-order valence-corrected chi connectivity index (χ0v) is 18.7. The maximum absolute atomic E-state index is 13.0. The molecule has 9 heteroatoms. The van der Waals surface area contributed by atoms with Crippen LogP contribution in [0.25, 0.3) is 0 Å². The average molecular weight is 435 g/mol. The summed E-state index contributed by atoms with van der Waals surface area (Å²) < 4.78 is 13.4. The van der Waals surface area contributed by atoms with Gasteiger partial charge in [0.15, 0.2) is 5.69 Å². The average Bonchev–Trinajstić information content (AvgIpc) is 3.21. The molecule has 32 heavy (non-hydrogen) atoms. The normalized spacial score (nSPS) is 12.6. The fourth-order valence-corrected chi connectivity index (χ4v) is 3.92. The van der Waals surface area contributed by atoms with Gasteiger partial charge in [-0.3, -0.25) is 14.0 Å². The van der Waals surface area contributed by atoms with E-state index in [-0.39, 0.29) is 24.0 Å². The minimum Gasteiger partial charge on any atom is -0.489 e. The summed E-state index contributed by atoms with van der Waals surface area (Å²) in [5, 5.41) is 14.0. The van der Waals surface area contributed by atoms with Crippen LogP contribution in [0.1, 0.15) is 58.8 Å². The molecular weight excluding hydrogens is 410 g/mol. The summed E-state index contributed by atoms with van der Waals surface area (Å²) in [5.74, 6) is -1.31. The van der Waals surface area contributed by atoms with Gasteiger partial charge in [0.2, 0.25) is 5.75 Å². The second kappa shape index (κ2) is 9.47. The van der Waals surface area contributed by atoms with Gasteiger partial charge in [0, 0.05) is 37.8 Å². The Morgan fingerprint density at radius 2 is 1.97 bits per heavy atom. The molecule has 2 atom stereocenters. The minimum absolute atomic E-state index is 0.136. The fourth-order valence-electron chi connectivity index (χ4n) is 3.92. The third kappa shape index (κ3) is 3.99. The highest BCUT2D eigenvalue weighted by atomic mass is 16.5. The fraction of sp³-hybridized carbons (Fsp3) is 0.348. The van der Waals surface area contributed by atoms with Crippen molar-refractivity contribution < 1.29 is 14.3 Å². The van der Waals surface area contributed by atoms with Gasteiger partial charge in [-0.2, -0.15) is 10.4 Å². The molecule has 2 heterocycles. The number of carbonyl (C=O) groups excluding carboxylic acids is 1. The Hall–Kier alpha value is -3.93. The smallest absolute Gasteiger partial charge is 0.361 e. The van der Waals surface area contributed by atoms with E-state index in [2.05, 4.69) is 16.2 Å². The predicted molar refractivity (Wildman–Crippen MR) is 117 cm³/mol. The van der Waals surface area contributed by atoms with Gasteiger partial charge in [-0.1, -0.05) is 25.1 Å². The van der Waals surface area contributed by atoms with Crippen LogP contribution in [0.5, 0.6) is 5.75 Å². The Morgan fingerprint density at radius 3 is 2.56 bits per heavy atom. The van der Waals surface area contributed by atoms with Gasteiger partial charge < -0.3 is 9.47 Å². The highest BCUT2D eigenvalue weighted by molar-refractivity contribution is 5.90. The summed E-state index contributed by atoms with van der Waals surface area (Å²) in [4.78, 5) is 30.0. The van der Waals surface area contributed by atoms with Crippen LogP contribution in [0.3, 0.4) is 0 Å². The second-order valence-electron chi connectivity index (χ2n) is 7.28.